The lowest BCUT2D eigenvalue weighted by atomic mass is 9.74. The molecule has 1 amide bonds. The molecule has 0 saturated carbocycles. The summed E-state index contributed by atoms with van der Waals surface area (Å²) < 4.78 is 10.6. The van der Waals surface area contributed by atoms with Crippen molar-refractivity contribution in [3.05, 3.63) is 29.8 Å². The minimum atomic E-state index is -1.10. The molecule has 0 aromatic heterocycles. The van der Waals surface area contributed by atoms with Crippen molar-refractivity contribution in [2.75, 3.05) is 33.4 Å². The molecule has 2 saturated heterocycles. The summed E-state index contributed by atoms with van der Waals surface area (Å²) in [6.45, 7) is 3.03. The number of carbonyl (C=O) groups is 1. The third kappa shape index (κ3) is 3.51. The Bertz CT molecular complexity index is 531. The Labute approximate surface area is 137 Å². The first-order chi connectivity index (χ1) is 11.1. The second-order valence-electron chi connectivity index (χ2n) is 6.65. The SMILES string of the molecule is COc1ccc([C@@H](O)C(=O)N2CCCC3(CCOCC3)C2)cc1. The minimum Gasteiger partial charge on any atom is -0.497 e. The number of aliphatic hydroxyl groups is 1. The summed E-state index contributed by atoms with van der Waals surface area (Å²) in [5, 5.41) is 10.4. The van der Waals surface area contributed by atoms with Gasteiger partial charge in [0.15, 0.2) is 6.10 Å². The molecule has 3 rings (SSSR count). The predicted molar refractivity (Wildman–Crippen MR) is 86.3 cm³/mol. The maximum absolute atomic E-state index is 12.7. The number of carbonyl (C=O) groups excluding carboxylic acids is 1. The fraction of sp³-hybridized carbons (Fsp3) is 0.611. The van der Waals surface area contributed by atoms with E-state index in [1.54, 1.807) is 31.4 Å². The lowest BCUT2D eigenvalue weighted by Crippen LogP contribution is -2.49. The fourth-order valence-corrected chi connectivity index (χ4v) is 3.71. The third-order valence-corrected chi connectivity index (χ3v) is 5.19. The first-order valence-electron chi connectivity index (χ1n) is 8.32. The van der Waals surface area contributed by atoms with Gasteiger partial charge in [0, 0.05) is 26.3 Å². The van der Waals surface area contributed by atoms with Gasteiger partial charge in [-0.1, -0.05) is 12.1 Å². The molecule has 0 bridgehead atoms. The maximum Gasteiger partial charge on any atom is 0.256 e. The van der Waals surface area contributed by atoms with Crippen molar-refractivity contribution in [2.24, 2.45) is 5.41 Å². The highest BCUT2D eigenvalue weighted by atomic mass is 16.5. The molecule has 126 valence electrons. The largest absolute Gasteiger partial charge is 0.497 e. The topological polar surface area (TPSA) is 59.0 Å². The van der Waals surface area contributed by atoms with Gasteiger partial charge < -0.3 is 19.5 Å². The summed E-state index contributed by atoms with van der Waals surface area (Å²) in [4.78, 5) is 14.5. The average Bonchev–Trinajstić information content (AvgIpc) is 2.61. The first kappa shape index (κ1) is 16.3. The van der Waals surface area contributed by atoms with Crippen LogP contribution >= 0.6 is 0 Å². The molecule has 1 aromatic carbocycles. The van der Waals surface area contributed by atoms with Gasteiger partial charge in [0.1, 0.15) is 5.75 Å². The lowest BCUT2D eigenvalue weighted by Gasteiger charge is -2.45. The van der Waals surface area contributed by atoms with Crippen molar-refractivity contribution >= 4 is 5.91 Å². The standard InChI is InChI=1S/C18H25NO4/c1-22-15-5-3-14(4-6-15)16(20)17(21)19-10-2-7-18(13-19)8-11-23-12-9-18/h3-6,16,20H,2,7-13H2,1H3/t16-/m1/s1. The van der Waals surface area contributed by atoms with Crippen LogP contribution in [-0.4, -0.2) is 49.3 Å². The second kappa shape index (κ2) is 6.89. The van der Waals surface area contributed by atoms with Gasteiger partial charge in [0.2, 0.25) is 0 Å². The molecule has 5 nitrogen and oxygen atoms in total. The molecular weight excluding hydrogens is 294 g/mol. The summed E-state index contributed by atoms with van der Waals surface area (Å²) in [5.41, 5.74) is 0.800. The number of hydrogen-bond donors (Lipinski definition) is 1. The zero-order valence-electron chi connectivity index (χ0n) is 13.7. The molecule has 2 aliphatic heterocycles. The number of likely N-dealkylation sites (tertiary alicyclic amines) is 1. The van der Waals surface area contributed by atoms with Crippen molar-refractivity contribution in [1.29, 1.82) is 0 Å². The number of ether oxygens (including phenoxy) is 2. The molecule has 2 aliphatic rings. The zero-order valence-corrected chi connectivity index (χ0v) is 13.7. The lowest BCUT2D eigenvalue weighted by molar-refractivity contribution is -0.146. The molecule has 0 radical (unpaired) electrons. The van der Waals surface area contributed by atoms with Gasteiger partial charge >= 0.3 is 0 Å². The van der Waals surface area contributed by atoms with E-state index in [2.05, 4.69) is 0 Å². The number of benzene rings is 1. The predicted octanol–water partition coefficient (Wildman–Crippen LogP) is 2.15. The van der Waals surface area contributed by atoms with Crippen LogP contribution in [0.5, 0.6) is 5.75 Å². The van der Waals surface area contributed by atoms with Gasteiger partial charge in [-0.15, -0.1) is 0 Å². The molecule has 5 heteroatoms. The Morgan fingerprint density at radius 1 is 1.26 bits per heavy atom. The molecular formula is C18H25NO4. The van der Waals surface area contributed by atoms with Crippen LogP contribution in [0.4, 0.5) is 0 Å². The van der Waals surface area contributed by atoms with E-state index in [9.17, 15) is 9.90 Å². The normalized spacial score (nSPS) is 21.9. The van der Waals surface area contributed by atoms with Crippen LogP contribution in [0.15, 0.2) is 24.3 Å². The quantitative estimate of drug-likeness (QED) is 0.927. The van der Waals surface area contributed by atoms with Crippen molar-refractivity contribution in [3.63, 3.8) is 0 Å². The number of methoxy groups -OCH3 is 1. The van der Waals surface area contributed by atoms with E-state index < -0.39 is 6.10 Å². The van der Waals surface area contributed by atoms with Gasteiger partial charge in [-0.3, -0.25) is 4.79 Å². The van der Waals surface area contributed by atoms with Crippen LogP contribution in [0.3, 0.4) is 0 Å². The summed E-state index contributed by atoms with van der Waals surface area (Å²) in [6, 6.07) is 7.02. The second-order valence-corrected chi connectivity index (χ2v) is 6.65. The number of amides is 1. The van der Waals surface area contributed by atoms with Crippen molar-refractivity contribution in [1.82, 2.24) is 4.90 Å². The Balaban J connectivity index is 1.68. The van der Waals surface area contributed by atoms with E-state index in [0.29, 0.717) is 11.3 Å². The van der Waals surface area contributed by atoms with E-state index in [1.807, 2.05) is 4.90 Å². The third-order valence-electron chi connectivity index (χ3n) is 5.19. The van der Waals surface area contributed by atoms with Crippen LogP contribution in [0.2, 0.25) is 0 Å². The van der Waals surface area contributed by atoms with E-state index in [0.717, 1.165) is 52.0 Å². The number of hydrogen-bond acceptors (Lipinski definition) is 4. The van der Waals surface area contributed by atoms with Gasteiger partial charge in [0.25, 0.3) is 5.91 Å². The summed E-state index contributed by atoms with van der Waals surface area (Å²) >= 11 is 0. The first-order valence-corrected chi connectivity index (χ1v) is 8.32. The van der Waals surface area contributed by atoms with E-state index in [4.69, 9.17) is 9.47 Å². The maximum atomic E-state index is 12.7. The minimum absolute atomic E-state index is 0.186. The van der Waals surface area contributed by atoms with E-state index >= 15 is 0 Å². The Hall–Kier alpha value is -1.59. The van der Waals surface area contributed by atoms with Gasteiger partial charge in [-0.05, 0) is 48.8 Å². The highest BCUT2D eigenvalue weighted by Crippen LogP contribution is 2.39. The summed E-state index contributed by atoms with van der Waals surface area (Å²) in [7, 11) is 1.59. The monoisotopic (exact) mass is 319 g/mol. The zero-order chi connectivity index (χ0) is 16.3. The molecule has 1 aromatic rings. The van der Waals surface area contributed by atoms with Gasteiger partial charge in [-0.2, -0.15) is 0 Å². The number of piperidine rings is 1. The van der Waals surface area contributed by atoms with Gasteiger partial charge in [0.05, 0.1) is 7.11 Å². The molecule has 23 heavy (non-hydrogen) atoms. The highest BCUT2D eigenvalue weighted by Gasteiger charge is 2.39. The Morgan fingerprint density at radius 3 is 2.61 bits per heavy atom. The van der Waals surface area contributed by atoms with Crippen LogP contribution in [-0.2, 0) is 9.53 Å². The van der Waals surface area contributed by atoms with Crippen molar-refractivity contribution in [3.8, 4) is 5.75 Å². The number of rotatable bonds is 3. The molecule has 1 spiro atoms. The molecule has 2 heterocycles. The molecule has 1 atom stereocenters. The van der Waals surface area contributed by atoms with E-state index in [1.165, 1.54) is 0 Å². The van der Waals surface area contributed by atoms with E-state index in [-0.39, 0.29) is 11.3 Å². The number of aliphatic hydroxyl groups excluding tert-OH is 1. The molecule has 2 fully saturated rings. The summed E-state index contributed by atoms with van der Waals surface area (Å²) in [6.07, 6.45) is 3.07. The van der Waals surface area contributed by atoms with Crippen molar-refractivity contribution in [2.45, 2.75) is 31.8 Å². The molecule has 1 N–H and O–H groups in total. The smallest absolute Gasteiger partial charge is 0.256 e. The Morgan fingerprint density at radius 2 is 1.96 bits per heavy atom. The number of nitrogens with zero attached hydrogens (tertiary/aromatic N) is 1. The summed E-state index contributed by atoms with van der Waals surface area (Å²) in [5.74, 6) is 0.522. The van der Waals surface area contributed by atoms with Crippen molar-refractivity contribution < 1.29 is 19.4 Å². The van der Waals surface area contributed by atoms with Crippen LogP contribution < -0.4 is 4.74 Å². The van der Waals surface area contributed by atoms with Crippen LogP contribution in [0.1, 0.15) is 37.4 Å². The molecule has 0 aliphatic carbocycles. The highest BCUT2D eigenvalue weighted by molar-refractivity contribution is 5.82. The van der Waals surface area contributed by atoms with Gasteiger partial charge in [-0.25, -0.2) is 0 Å². The average molecular weight is 319 g/mol. The molecule has 0 unspecified atom stereocenters. The van der Waals surface area contributed by atoms with Crippen LogP contribution in [0.25, 0.3) is 0 Å². The Kier molecular flexibility index (Phi) is 4.87. The van der Waals surface area contributed by atoms with Crippen LogP contribution in [0, 0.1) is 5.41 Å². The fourth-order valence-electron chi connectivity index (χ4n) is 3.71.